The molecule has 0 spiro atoms. The van der Waals surface area contributed by atoms with E-state index in [2.05, 4.69) is 5.10 Å². The summed E-state index contributed by atoms with van der Waals surface area (Å²) in [6.07, 6.45) is -1.07. The first kappa shape index (κ1) is 10.5. The zero-order valence-corrected chi connectivity index (χ0v) is 8.79. The number of benzene rings is 1. The molecule has 5 nitrogen and oxygen atoms in total. The SMILES string of the molecule is C[C@@H]1CN(C(=O)O)N=C1c1ccccc1O. The van der Waals surface area contributed by atoms with Crippen molar-refractivity contribution in [2.24, 2.45) is 11.0 Å². The van der Waals surface area contributed by atoms with Crippen molar-refractivity contribution in [3.8, 4) is 5.75 Å². The van der Waals surface area contributed by atoms with E-state index >= 15 is 0 Å². The summed E-state index contributed by atoms with van der Waals surface area (Å²) in [6, 6.07) is 6.80. The molecule has 0 radical (unpaired) electrons. The molecule has 1 heterocycles. The largest absolute Gasteiger partial charge is 0.507 e. The molecule has 1 aromatic rings. The van der Waals surface area contributed by atoms with Gasteiger partial charge in [-0.05, 0) is 12.1 Å². The predicted molar refractivity (Wildman–Crippen MR) is 58.5 cm³/mol. The van der Waals surface area contributed by atoms with Crippen molar-refractivity contribution in [2.45, 2.75) is 6.92 Å². The molecule has 0 saturated heterocycles. The average molecular weight is 220 g/mol. The minimum Gasteiger partial charge on any atom is -0.507 e. The van der Waals surface area contributed by atoms with Crippen molar-refractivity contribution in [3.05, 3.63) is 29.8 Å². The Morgan fingerprint density at radius 2 is 2.19 bits per heavy atom. The molecule has 5 heteroatoms. The molecule has 0 bridgehead atoms. The Hall–Kier alpha value is -2.04. The van der Waals surface area contributed by atoms with Crippen LogP contribution in [-0.4, -0.2) is 33.6 Å². The number of carboxylic acid groups (broad SMARTS) is 1. The van der Waals surface area contributed by atoms with Crippen LogP contribution in [0.5, 0.6) is 5.75 Å². The molecule has 0 fully saturated rings. The lowest BCUT2D eigenvalue weighted by Gasteiger charge is -2.07. The zero-order chi connectivity index (χ0) is 11.7. The minimum atomic E-state index is -1.07. The highest BCUT2D eigenvalue weighted by atomic mass is 16.4. The number of phenolic OH excluding ortho intramolecular Hbond substituents is 1. The number of hydrazone groups is 1. The molecular formula is C11H12N2O3. The normalized spacial score (nSPS) is 19.7. The van der Waals surface area contributed by atoms with Crippen LogP contribution in [0.4, 0.5) is 4.79 Å². The Labute approximate surface area is 92.6 Å². The molecule has 16 heavy (non-hydrogen) atoms. The van der Waals surface area contributed by atoms with Crippen molar-refractivity contribution in [3.63, 3.8) is 0 Å². The second-order valence-electron chi connectivity index (χ2n) is 3.77. The van der Waals surface area contributed by atoms with Gasteiger partial charge in [0.05, 0.1) is 12.3 Å². The van der Waals surface area contributed by atoms with Crippen LogP contribution in [0, 0.1) is 5.92 Å². The lowest BCUT2D eigenvalue weighted by atomic mass is 9.99. The lowest BCUT2D eigenvalue weighted by molar-refractivity contribution is 0.149. The van der Waals surface area contributed by atoms with Crippen molar-refractivity contribution < 1.29 is 15.0 Å². The number of hydrogen-bond donors (Lipinski definition) is 2. The first-order valence-electron chi connectivity index (χ1n) is 4.97. The van der Waals surface area contributed by atoms with Gasteiger partial charge in [-0.25, -0.2) is 4.79 Å². The third-order valence-corrected chi connectivity index (χ3v) is 2.54. The van der Waals surface area contributed by atoms with E-state index in [9.17, 15) is 9.90 Å². The molecule has 1 aliphatic heterocycles. The third kappa shape index (κ3) is 1.71. The van der Waals surface area contributed by atoms with Gasteiger partial charge in [0.15, 0.2) is 0 Å². The average Bonchev–Trinajstić information content (AvgIpc) is 2.61. The fourth-order valence-electron chi connectivity index (χ4n) is 1.75. The highest BCUT2D eigenvalue weighted by molar-refractivity contribution is 6.05. The standard InChI is InChI=1S/C11H12N2O3/c1-7-6-13(11(15)16)12-10(7)8-4-2-3-5-9(8)14/h2-5,7,14H,6H2,1H3,(H,15,16)/t7-/m1/s1. The molecule has 0 aliphatic carbocycles. The van der Waals surface area contributed by atoms with Crippen LogP contribution < -0.4 is 0 Å². The number of phenols is 1. The van der Waals surface area contributed by atoms with Crippen LogP contribution in [-0.2, 0) is 0 Å². The van der Waals surface area contributed by atoms with E-state index in [1.165, 1.54) is 0 Å². The number of rotatable bonds is 1. The molecule has 1 aliphatic rings. The van der Waals surface area contributed by atoms with Crippen molar-refractivity contribution in [1.29, 1.82) is 0 Å². The van der Waals surface area contributed by atoms with Crippen LogP contribution in [0.15, 0.2) is 29.4 Å². The van der Waals surface area contributed by atoms with E-state index in [0.29, 0.717) is 17.8 Å². The van der Waals surface area contributed by atoms with Gasteiger partial charge in [-0.2, -0.15) is 10.1 Å². The van der Waals surface area contributed by atoms with E-state index in [0.717, 1.165) is 5.01 Å². The van der Waals surface area contributed by atoms with Gasteiger partial charge in [0.2, 0.25) is 0 Å². The first-order valence-corrected chi connectivity index (χ1v) is 4.97. The van der Waals surface area contributed by atoms with Crippen LogP contribution in [0.1, 0.15) is 12.5 Å². The van der Waals surface area contributed by atoms with Crippen molar-refractivity contribution in [1.82, 2.24) is 5.01 Å². The molecule has 0 unspecified atom stereocenters. The Morgan fingerprint density at radius 3 is 2.75 bits per heavy atom. The summed E-state index contributed by atoms with van der Waals surface area (Å²) in [6.45, 7) is 2.22. The first-order chi connectivity index (χ1) is 7.59. The molecule has 0 saturated carbocycles. The van der Waals surface area contributed by atoms with Crippen LogP contribution in [0.25, 0.3) is 0 Å². The van der Waals surface area contributed by atoms with Gasteiger partial charge >= 0.3 is 6.09 Å². The van der Waals surface area contributed by atoms with Crippen molar-refractivity contribution >= 4 is 11.8 Å². The molecule has 84 valence electrons. The van der Waals surface area contributed by atoms with Crippen molar-refractivity contribution in [2.75, 3.05) is 6.54 Å². The van der Waals surface area contributed by atoms with E-state index in [1.54, 1.807) is 24.3 Å². The maximum absolute atomic E-state index is 10.8. The van der Waals surface area contributed by atoms with Crippen LogP contribution in [0.2, 0.25) is 0 Å². The molecule has 2 rings (SSSR count). The molecule has 1 aromatic carbocycles. The summed E-state index contributed by atoms with van der Waals surface area (Å²) < 4.78 is 0. The summed E-state index contributed by atoms with van der Waals surface area (Å²) in [7, 11) is 0. The number of aromatic hydroxyl groups is 1. The zero-order valence-electron chi connectivity index (χ0n) is 8.79. The minimum absolute atomic E-state index is 0.00981. The van der Waals surface area contributed by atoms with Crippen LogP contribution >= 0.6 is 0 Å². The molecule has 1 amide bonds. The van der Waals surface area contributed by atoms with Gasteiger partial charge < -0.3 is 10.2 Å². The Morgan fingerprint density at radius 1 is 1.50 bits per heavy atom. The lowest BCUT2D eigenvalue weighted by Crippen LogP contribution is -2.23. The number of amides is 1. The van der Waals surface area contributed by atoms with E-state index in [1.807, 2.05) is 6.92 Å². The highest BCUT2D eigenvalue weighted by Crippen LogP contribution is 2.25. The number of carbonyl (C=O) groups is 1. The fraction of sp³-hybridized carbons (Fsp3) is 0.273. The second-order valence-corrected chi connectivity index (χ2v) is 3.77. The van der Waals surface area contributed by atoms with Gasteiger partial charge in [0.25, 0.3) is 0 Å². The summed E-state index contributed by atoms with van der Waals surface area (Å²) in [5.41, 5.74) is 1.21. The number of para-hydroxylation sites is 1. The molecular weight excluding hydrogens is 208 g/mol. The van der Waals surface area contributed by atoms with E-state index in [4.69, 9.17) is 5.11 Å². The highest BCUT2D eigenvalue weighted by Gasteiger charge is 2.28. The molecule has 2 N–H and O–H groups in total. The van der Waals surface area contributed by atoms with E-state index in [-0.39, 0.29) is 11.7 Å². The monoisotopic (exact) mass is 220 g/mol. The summed E-state index contributed by atoms with van der Waals surface area (Å²) in [4.78, 5) is 10.8. The molecule has 0 aromatic heterocycles. The van der Waals surface area contributed by atoms with Gasteiger partial charge in [0, 0.05) is 11.5 Å². The van der Waals surface area contributed by atoms with Gasteiger partial charge in [-0.3, -0.25) is 0 Å². The molecule has 1 atom stereocenters. The number of nitrogens with zero attached hydrogens (tertiary/aromatic N) is 2. The second kappa shape index (κ2) is 3.84. The maximum atomic E-state index is 10.8. The predicted octanol–water partition coefficient (Wildman–Crippen LogP) is 1.73. The van der Waals surface area contributed by atoms with Crippen LogP contribution in [0.3, 0.4) is 0 Å². The smallest absolute Gasteiger partial charge is 0.427 e. The van der Waals surface area contributed by atoms with Gasteiger partial charge in [0.1, 0.15) is 5.75 Å². The Bertz CT molecular complexity index is 456. The fourth-order valence-corrected chi connectivity index (χ4v) is 1.75. The van der Waals surface area contributed by atoms with E-state index < -0.39 is 6.09 Å². The third-order valence-electron chi connectivity index (χ3n) is 2.54. The van der Waals surface area contributed by atoms with Gasteiger partial charge in [-0.1, -0.05) is 19.1 Å². The summed E-state index contributed by atoms with van der Waals surface area (Å²) in [5, 5.41) is 23.5. The Balaban J connectivity index is 2.38. The maximum Gasteiger partial charge on any atom is 0.427 e. The Kier molecular flexibility index (Phi) is 2.52. The topological polar surface area (TPSA) is 73.1 Å². The number of hydrogen-bond acceptors (Lipinski definition) is 3. The summed E-state index contributed by atoms with van der Waals surface area (Å²) >= 11 is 0. The quantitative estimate of drug-likeness (QED) is 0.756. The van der Waals surface area contributed by atoms with Gasteiger partial charge in [-0.15, -0.1) is 0 Å². The summed E-state index contributed by atoms with van der Waals surface area (Å²) in [5.74, 6) is 0.115.